The Labute approximate surface area is 123 Å². The first-order valence-corrected chi connectivity index (χ1v) is 8.76. The van der Waals surface area contributed by atoms with E-state index in [0.29, 0.717) is 11.4 Å². The van der Waals surface area contributed by atoms with Gasteiger partial charge in [0.15, 0.2) is 0 Å². The van der Waals surface area contributed by atoms with Crippen LogP contribution >= 0.6 is 15.9 Å². The first-order chi connectivity index (χ1) is 8.99. The molecular formula is C13H19BrN2O2S. The van der Waals surface area contributed by atoms with Crippen molar-refractivity contribution >= 4 is 26.0 Å². The van der Waals surface area contributed by atoms with E-state index < -0.39 is 10.0 Å². The zero-order valence-electron chi connectivity index (χ0n) is 10.9. The SMILES string of the molecule is Cc1cc(S(=O)(=O)NC2CCCCNC2)ccc1Br. The van der Waals surface area contributed by atoms with Crippen LogP contribution in [-0.4, -0.2) is 27.5 Å². The molecule has 1 heterocycles. The van der Waals surface area contributed by atoms with Gasteiger partial charge in [0.2, 0.25) is 10.0 Å². The fourth-order valence-corrected chi connectivity index (χ4v) is 3.79. The van der Waals surface area contributed by atoms with E-state index in [1.165, 1.54) is 0 Å². The molecule has 0 radical (unpaired) electrons. The molecule has 1 aliphatic heterocycles. The number of nitrogens with one attached hydrogen (secondary N) is 2. The Morgan fingerprint density at radius 3 is 2.89 bits per heavy atom. The molecule has 1 unspecified atom stereocenters. The molecule has 1 aliphatic rings. The van der Waals surface area contributed by atoms with Crippen LogP contribution in [0.4, 0.5) is 0 Å². The van der Waals surface area contributed by atoms with E-state index in [1.54, 1.807) is 18.2 Å². The minimum atomic E-state index is -3.43. The molecule has 6 heteroatoms. The lowest BCUT2D eigenvalue weighted by Crippen LogP contribution is -2.40. The predicted octanol–water partition coefficient (Wildman–Crippen LogP) is 2.18. The molecule has 0 amide bonds. The maximum Gasteiger partial charge on any atom is 0.240 e. The standard InChI is InChI=1S/C13H19BrN2O2S/c1-10-8-12(5-6-13(10)14)19(17,18)16-11-4-2-3-7-15-9-11/h5-6,8,11,15-16H,2-4,7,9H2,1H3. The number of rotatable bonds is 3. The van der Waals surface area contributed by atoms with Gasteiger partial charge in [0, 0.05) is 17.1 Å². The summed E-state index contributed by atoms with van der Waals surface area (Å²) in [7, 11) is -3.43. The third-order valence-corrected chi connectivity index (χ3v) is 5.72. The highest BCUT2D eigenvalue weighted by molar-refractivity contribution is 9.10. The Hall–Kier alpha value is -0.430. The van der Waals surface area contributed by atoms with Gasteiger partial charge in [0.25, 0.3) is 0 Å². The number of aryl methyl sites for hydroxylation is 1. The van der Waals surface area contributed by atoms with Crippen molar-refractivity contribution in [3.05, 3.63) is 28.2 Å². The van der Waals surface area contributed by atoms with E-state index in [-0.39, 0.29) is 6.04 Å². The summed E-state index contributed by atoms with van der Waals surface area (Å²) in [5.74, 6) is 0. The molecule has 0 bridgehead atoms. The molecule has 0 aromatic heterocycles. The molecule has 1 atom stereocenters. The van der Waals surface area contributed by atoms with E-state index in [1.807, 2.05) is 6.92 Å². The summed E-state index contributed by atoms with van der Waals surface area (Å²) in [6.07, 6.45) is 3.05. The van der Waals surface area contributed by atoms with Crippen LogP contribution in [-0.2, 0) is 10.0 Å². The van der Waals surface area contributed by atoms with Crippen LogP contribution in [0.1, 0.15) is 24.8 Å². The maximum atomic E-state index is 12.3. The van der Waals surface area contributed by atoms with Gasteiger partial charge in [0.1, 0.15) is 0 Å². The van der Waals surface area contributed by atoms with Crippen LogP contribution in [0.5, 0.6) is 0 Å². The Bertz CT molecular complexity index is 538. The quantitative estimate of drug-likeness (QED) is 0.881. The zero-order valence-corrected chi connectivity index (χ0v) is 13.4. The van der Waals surface area contributed by atoms with Crippen molar-refractivity contribution in [1.82, 2.24) is 10.0 Å². The number of hydrogen-bond acceptors (Lipinski definition) is 3. The highest BCUT2D eigenvalue weighted by atomic mass is 79.9. The van der Waals surface area contributed by atoms with Gasteiger partial charge in [-0.1, -0.05) is 22.4 Å². The van der Waals surface area contributed by atoms with E-state index in [4.69, 9.17) is 0 Å². The van der Waals surface area contributed by atoms with Crippen molar-refractivity contribution in [2.75, 3.05) is 13.1 Å². The monoisotopic (exact) mass is 346 g/mol. The minimum absolute atomic E-state index is 0.0172. The topological polar surface area (TPSA) is 58.2 Å². The smallest absolute Gasteiger partial charge is 0.240 e. The van der Waals surface area contributed by atoms with Crippen molar-refractivity contribution in [2.24, 2.45) is 0 Å². The minimum Gasteiger partial charge on any atom is -0.315 e. The van der Waals surface area contributed by atoms with Gasteiger partial charge in [-0.15, -0.1) is 0 Å². The normalized spacial score (nSPS) is 21.1. The Morgan fingerprint density at radius 1 is 1.37 bits per heavy atom. The molecule has 0 saturated carbocycles. The lowest BCUT2D eigenvalue weighted by molar-refractivity contribution is 0.521. The molecule has 4 nitrogen and oxygen atoms in total. The molecule has 1 aromatic carbocycles. The van der Waals surface area contributed by atoms with Crippen LogP contribution in [0.25, 0.3) is 0 Å². The number of hydrogen-bond donors (Lipinski definition) is 2. The van der Waals surface area contributed by atoms with Crippen LogP contribution in [0, 0.1) is 6.92 Å². The molecule has 1 saturated heterocycles. The van der Waals surface area contributed by atoms with Gasteiger partial charge in [-0.2, -0.15) is 0 Å². The van der Waals surface area contributed by atoms with Gasteiger partial charge in [-0.3, -0.25) is 0 Å². The van der Waals surface area contributed by atoms with Gasteiger partial charge in [0.05, 0.1) is 4.90 Å². The largest absolute Gasteiger partial charge is 0.315 e. The number of benzene rings is 1. The van der Waals surface area contributed by atoms with Crippen LogP contribution < -0.4 is 10.0 Å². The second-order valence-electron chi connectivity index (χ2n) is 4.93. The first-order valence-electron chi connectivity index (χ1n) is 6.48. The van der Waals surface area contributed by atoms with Gasteiger partial charge >= 0.3 is 0 Å². The Morgan fingerprint density at radius 2 is 2.16 bits per heavy atom. The highest BCUT2D eigenvalue weighted by Crippen LogP contribution is 2.20. The van der Waals surface area contributed by atoms with E-state index in [0.717, 1.165) is 35.8 Å². The van der Waals surface area contributed by atoms with Crippen molar-refractivity contribution in [2.45, 2.75) is 37.1 Å². The van der Waals surface area contributed by atoms with Crippen molar-refractivity contribution in [3.8, 4) is 0 Å². The molecule has 19 heavy (non-hydrogen) atoms. The van der Waals surface area contributed by atoms with Crippen molar-refractivity contribution < 1.29 is 8.42 Å². The number of sulfonamides is 1. The summed E-state index contributed by atoms with van der Waals surface area (Å²) in [6.45, 7) is 3.56. The van der Waals surface area contributed by atoms with E-state index in [9.17, 15) is 8.42 Å². The molecule has 2 rings (SSSR count). The summed E-state index contributed by atoms with van der Waals surface area (Å²) >= 11 is 3.38. The van der Waals surface area contributed by atoms with Crippen molar-refractivity contribution in [1.29, 1.82) is 0 Å². The van der Waals surface area contributed by atoms with E-state index in [2.05, 4.69) is 26.0 Å². The van der Waals surface area contributed by atoms with Gasteiger partial charge in [-0.05, 0) is 50.1 Å². The highest BCUT2D eigenvalue weighted by Gasteiger charge is 2.21. The second kappa shape index (κ2) is 6.35. The third kappa shape index (κ3) is 4.02. The molecule has 0 spiro atoms. The molecule has 1 aromatic rings. The second-order valence-corrected chi connectivity index (χ2v) is 7.50. The number of halogens is 1. The van der Waals surface area contributed by atoms with Gasteiger partial charge in [-0.25, -0.2) is 13.1 Å². The van der Waals surface area contributed by atoms with Gasteiger partial charge < -0.3 is 5.32 Å². The van der Waals surface area contributed by atoms with Crippen LogP contribution in [0.2, 0.25) is 0 Å². The summed E-state index contributed by atoms with van der Waals surface area (Å²) in [4.78, 5) is 0.331. The molecule has 106 valence electrons. The van der Waals surface area contributed by atoms with Crippen LogP contribution in [0.3, 0.4) is 0 Å². The Balaban J connectivity index is 2.14. The first kappa shape index (κ1) is 15.0. The predicted molar refractivity (Wildman–Crippen MR) is 79.7 cm³/mol. The molecule has 1 fully saturated rings. The summed E-state index contributed by atoms with van der Waals surface area (Å²) in [6, 6.07) is 5.08. The van der Waals surface area contributed by atoms with Crippen LogP contribution in [0.15, 0.2) is 27.6 Å². The molecule has 0 aliphatic carbocycles. The zero-order chi connectivity index (χ0) is 13.9. The Kier molecular flexibility index (Phi) is 5.00. The summed E-state index contributed by atoms with van der Waals surface area (Å²) < 4.78 is 28.4. The average molecular weight is 347 g/mol. The van der Waals surface area contributed by atoms with Crippen molar-refractivity contribution in [3.63, 3.8) is 0 Å². The third-order valence-electron chi connectivity index (χ3n) is 3.31. The molecular weight excluding hydrogens is 328 g/mol. The fourth-order valence-electron chi connectivity index (χ4n) is 2.19. The molecule has 2 N–H and O–H groups in total. The maximum absolute atomic E-state index is 12.3. The summed E-state index contributed by atoms with van der Waals surface area (Å²) in [5, 5.41) is 3.26. The lowest BCUT2D eigenvalue weighted by Gasteiger charge is -2.17. The van der Waals surface area contributed by atoms with E-state index >= 15 is 0 Å². The fraction of sp³-hybridized carbons (Fsp3) is 0.538. The lowest BCUT2D eigenvalue weighted by atomic mass is 10.2. The average Bonchev–Trinajstić information content (AvgIpc) is 2.60. The summed E-state index contributed by atoms with van der Waals surface area (Å²) in [5.41, 5.74) is 0.918.